The van der Waals surface area contributed by atoms with Crippen molar-refractivity contribution in [3.05, 3.63) is 0 Å². The summed E-state index contributed by atoms with van der Waals surface area (Å²) >= 11 is 0. The van der Waals surface area contributed by atoms with Gasteiger partial charge in [0.25, 0.3) is 0 Å². The van der Waals surface area contributed by atoms with Crippen molar-refractivity contribution in [1.82, 2.24) is 10.2 Å². The molecule has 20 nitrogen and oxygen atoms in total. The summed E-state index contributed by atoms with van der Waals surface area (Å²) in [6.07, 6.45) is -19.7. The number of aliphatic hydroxyl groups excluding tert-OH is 13. The molecule has 0 saturated heterocycles. The Morgan fingerprint density at radius 3 is 1.39 bits per heavy atom. The number of alkyl carbamates (subject to hydrolysis) is 1. The largest absolute Gasteiger partial charge is 0.447 e. The molecular formula is C24H51N3O17. The quantitative estimate of drug-likeness (QED) is 0.0412. The van der Waals surface area contributed by atoms with Crippen LogP contribution in [-0.2, 0) is 14.2 Å². The molecular weight excluding hydrogens is 602 g/mol. The highest BCUT2D eigenvalue weighted by atomic mass is 16.6. The molecule has 0 fully saturated rings. The summed E-state index contributed by atoms with van der Waals surface area (Å²) in [4.78, 5) is 12.4. The molecule has 0 aliphatic carbocycles. The molecule has 0 radical (unpaired) electrons. The summed E-state index contributed by atoms with van der Waals surface area (Å²) in [6.45, 7) is -4.76. The van der Waals surface area contributed by atoms with Gasteiger partial charge in [-0.3, -0.25) is 4.90 Å². The monoisotopic (exact) mass is 653 g/mol. The zero-order valence-corrected chi connectivity index (χ0v) is 24.3. The van der Waals surface area contributed by atoms with E-state index in [1.807, 2.05) is 0 Å². The average Bonchev–Trinajstić information content (AvgIpc) is 2.99. The molecule has 20 heteroatoms. The van der Waals surface area contributed by atoms with Gasteiger partial charge in [0.1, 0.15) is 55.4 Å². The Morgan fingerprint density at radius 1 is 0.591 bits per heavy atom. The van der Waals surface area contributed by atoms with Gasteiger partial charge in [-0.25, -0.2) is 4.79 Å². The highest BCUT2D eigenvalue weighted by Gasteiger charge is 2.34. The third-order valence-corrected chi connectivity index (χ3v) is 6.07. The van der Waals surface area contributed by atoms with Gasteiger partial charge in [0.05, 0.1) is 58.0 Å². The van der Waals surface area contributed by atoms with Crippen molar-refractivity contribution >= 4 is 6.09 Å². The molecule has 0 aliphatic rings. The summed E-state index contributed by atoms with van der Waals surface area (Å²) in [5, 5.41) is 130. The lowest BCUT2D eigenvalue weighted by Gasteiger charge is -2.34. The van der Waals surface area contributed by atoms with Crippen LogP contribution in [0.5, 0.6) is 0 Å². The predicted molar refractivity (Wildman–Crippen MR) is 147 cm³/mol. The Kier molecular flexibility index (Phi) is 23.1. The van der Waals surface area contributed by atoms with Gasteiger partial charge in [-0.05, 0) is 0 Å². The van der Waals surface area contributed by atoms with Gasteiger partial charge in [-0.1, -0.05) is 0 Å². The predicted octanol–water partition coefficient (Wildman–Crippen LogP) is -9.04. The zero-order valence-electron chi connectivity index (χ0n) is 24.3. The van der Waals surface area contributed by atoms with Crippen molar-refractivity contribution in [1.29, 1.82) is 0 Å². The molecule has 0 rings (SSSR count). The van der Waals surface area contributed by atoms with Crippen LogP contribution < -0.4 is 11.1 Å². The van der Waals surface area contributed by atoms with Gasteiger partial charge < -0.3 is 91.6 Å². The van der Waals surface area contributed by atoms with Crippen molar-refractivity contribution in [2.75, 3.05) is 79.0 Å². The Labute approximate surface area is 254 Å². The molecule has 3 unspecified atom stereocenters. The lowest BCUT2D eigenvalue weighted by molar-refractivity contribution is -0.133. The fraction of sp³-hybridized carbons (Fsp3) is 0.958. The third-order valence-electron chi connectivity index (χ3n) is 6.07. The van der Waals surface area contributed by atoms with E-state index in [9.17, 15) is 61.0 Å². The van der Waals surface area contributed by atoms with Crippen LogP contribution in [0.15, 0.2) is 0 Å². The van der Waals surface area contributed by atoms with Crippen LogP contribution in [-0.4, -0.2) is 223 Å². The highest BCUT2D eigenvalue weighted by Crippen LogP contribution is 2.11. The van der Waals surface area contributed by atoms with Crippen molar-refractivity contribution < 1.29 is 85.4 Å². The minimum Gasteiger partial charge on any atom is -0.447 e. The van der Waals surface area contributed by atoms with E-state index in [1.165, 1.54) is 0 Å². The van der Waals surface area contributed by atoms with Crippen molar-refractivity contribution in [2.45, 2.75) is 67.1 Å². The highest BCUT2D eigenvalue weighted by molar-refractivity contribution is 5.67. The van der Waals surface area contributed by atoms with Crippen LogP contribution in [0.25, 0.3) is 0 Å². The Hall–Kier alpha value is -1.41. The van der Waals surface area contributed by atoms with Gasteiger partial charge in [0.2, 0.25) is 0 Å². The Bertz CT molecular complexity index is 701. The van der Waals surface area contributed by atoms with Gasteiger partial charge in [-0.15, -0.1) is 0 Å². The van der Waals surface area contributed by atoms with Crippen LogP contribution in [0.4, 0.5) is 4.79 Å². The van der Waals surface area contributed by atoms with Crippen LogP contribution in [0, 0.1) is 0 Å². The summed E-state index contributed by atoms with van der Waals surface area (Å²) in [5.74, 6) is 0. The second-order valence-corrected chi connectivity index (χ2v) is 10.2. The summed E-state index contributed by atoms with van der Waals surface area (Å²) in [7, 11) is 0. The molecule has 11 atom stereocenters. The molecule has 0 bridgehead atoms. The minimum atomic E-state index is -1.99. The number of carbonyl (C=O) groups excluding carboxylic acids is 1. The lowest BCUT2D eigenvalue weighted by Crippen LogP contribution is -2.54. The van der Waals surface area contributed by atoms with Gasteiger partial charge in [-0.2, -0.15) is 0 Å². The molecule has 44 heavy (non-hydrogen) atoms. The second kappa shape index (κ2) is 23.9. The number of nitrogens with zero attached hydrogens (tertiary/aromatic N) is 1. The van der Waals surface area contributed by atoms with Crippen LogP contribution in [0.1, 0.15) is 0 Å². The molecule has 0 heterocycles. The van der Waals surface area contributed by atoms with E-state index in [4.69, 9.17) is 30.2 Å². The Morgan fingerprint density at radius 2 is 0.977 bits per heavy atom. The first kappa shape index (κ1) is 42.6. The molecule has 0 aromatic carbocycles. The fourth-order valence-electron chi connectivity index (χ4n) is 3.62. The van der Waals surface area contributed by atoms with E-state index >= 15 is 0 Å². The van der Waals surface area contributed by atoms with E-state index in [1.54, 1.807) is 0 Å². The lowest BCUT2D eigenvalue weighted by atomic mass is 10.0. The van der Waals surface area contributed by atoms with Crippen LogP contribution in [0.3, 0.4) is 0 Å². The molecule has 0 aromatic rings. The number of nitrogens with two attached hydrogens (primary N) is 1. The van der Waals surface area contributed by atoms with Crippen LogP contribution in [0.2, 0.25) is 0 Å². The number of carbonyl (C=O) groups is 1. The summed E-state index contributed by atoms with van der Waals surface area (Å²) < 4.78 is 15.1. The SMILES string of the molecule is NCCNC(=O)OCC(O)COCC(O)COCC(O)CN(C[C@H](O)[C@@H](O)[C@H](O)[C@H](O)CO)C[C@H](O)[C@@H](O)[C@H](O)[C@H](O)CO. The first-order valence-corrected chi connectivity index (χ1v) is 13.9. The number of amides is 1. The zero-order chi connectivity index (χ0) is 33.8. The molecule has 0 aliphatic heterocycles. The average molecular weight is 654 g/mol. The topological polar surface area (TPSA) is 349 Å². The Balaban J connectivity index is 4.90. The van der Waals surface area contributed by atoms with E-state index in [0.29, 0.717) is 0 Å². The summed E-state index contributed by atoms with van der Waals surface area (Å²) in [6, 6.07) is 0. The van der Waals surface area contributed by atoms with E-state index < -0.39 is 113 Å². The maximum atomic E-state index is 11.3. The number of hydrogen-bond donors (Lipinski definition) is 15. The molecule has 0 aromatic heterocycles. The normalized spacial score (nSPS) is 19.7. The molecule has 0 saturated carbocycles. The van der Waals surface area contributed by atoms with Crippen molar-refractivity contribution in [2.24, 2.45) is 5.73 Å². The van der Waals surface area contributed by atoms with E-state index in [0.717, 1.165) is 4.90 Å². The first-order chi connectivity index (χ1) is 20.7. The van der Waals surface area contributed by atoms with Gasteiger partial charge >= 0.3 is 6.09 Å². The first-order valence-electron chi connectivity index (χ1n) is 13.9. The minimum absolute atomic E-state index is 0.196. The van der Waals surface area contributed by atoms with Gasteiger partial charge in [0, 0.05) is 32.7 Å². The second-order valence-electron chi connectivity index (χ2n) is 10.2. The number of nitrogens with one attached hydrogen (secondary N) is 1. The molecule has 1 amide bonds. The van der Waals surface area contributed by atoms with E-state index in [-0.39, 0.29) is 39.5 Å². The third kappa shape index (κ3) is 17.9. The number of aliphatic hydroxyl groups is 13. The number of ether oxygens (including phenoxy) is 3. The van der Waals surface area contributed by atoms with Crippen molar-refractivity contribution in [3.63, 3.8) is 0 Å². The van der Waals surface area contributed by atoms with Crippen molar-refractivity contribution in [3.8, 4) is 0 Å². The number of rotatable bonds is 26. The van der Waals surface area contributed by atoms with Crippen LogP contribution >= 0.6 is 0 Å². The molecule has 16 N–H and O–H groups in total. The van der Waals surface area contributed by atoms with Gasteiger partial charge in [0.15, 0.2) is 0 Å². The molecule has 0 spiro atoms. The molecule has 264 valence electrons. The number of hydrogen-bond acceptors (Lipinski definition) is 19. The maximum Gasteiger partial charge on any atom is 0.407 e. The maximum absolute atomic E-state index is 11.3. The van der Waals surface area contributed by atoms with E-state index in [2.05, 4.69) is 5.32 Å². The standard InChI is InChI=1S/C24H51N3O17/c25-1-2-26-24(41)44-12-15(32)11-43-10-14(31)9-42-8-13(30)3-27(4-16(33)20(37)22(39)18(35)6-28)5-17(34)21(38)23(40)19(36)7-29/h13-23,28-40H,1-12,25H2,(H,26,41)/t13?,14?,15?,16-,17-,18+,19+,20+,21+,22+,23+/m0/s1. The summed E-state index contributed by atoms with van der Waals surface area (Å²) in [5.41, 5.74) is 5.23. The smallest absolute Gasteiger partial charge is 0.407 e. The fourth-order valence-corrected chi connectivity index (χ4v) is 3.62.